The summed E-state index contributed by atoms with van der Waals surface area (Å²) in [5, 5.41) is 2.68. The molecule has 2 rings (SSSR count). The van der Waals surface area contributed by atoms with Gasteiger partial charge in [0.15, 0.2) is 6.61 Å². The maximum Gasteiger partial charge on any atom is 0.265 e. The quantitative estimate of drug-likeness (QED) is 0.806. The topological polar surface area (TPSA) is 61.9 Å². The van der Waals surface area contributed by atoms with Crippen molar-refractivity contribution in [2.24, 2.45) is 0 Å². The smallest absolute Gasteiger partial charge is 0.265 e. The number of amides is 2. The second-order valence-electron chi connectivity index (χ2n) is 5.36. The number of carbonyl (C=O) groups excluding carboxylic acids is 2. The standard InChI is InChI=1S/C15H20ClN3O3/c1-18(2)6-3-7-19-12-8-11(17-14(20)9-16)4-5-13(12)22-10-15(19)21/h4-5,8H,3,6-7,9-10H2,1-2H3,(H,17,20). The van der Waals surface area contributed by atoms with Crippen molar-refractivity contribution in [1.29, 1.82) is 0 Å². The highest BCUT2D eigenvalue weighted by molar-refractivity contribution is 6.29. The molecular weight excluding hydrogens is 306 g/mol. The fourth-order valence-electron chi connectivity index (χ4n) is 2.26. The molecule has 1 heterocycles. The summed E-state index contributed by atoms with van der Waals surface area (Å²) in [6, 6.07) is 5.23. The van der Waals surface area contributed by atoms with Gasteiger partial charge in [-0.05, 0) is 45.3 Å². The molecular formula is C15H20ClN3O3. The fraction of sp³-hybridized carbons (Fsp3) is 0.467. The van der Waals surface area contributed by atoms with E-state index in [2.05, 4.69) is 10.2 Å². The number of rotatable bonds is 6. The van der Waals surface area contributed by atoms with Crippen LogP contribution in [0.25, 0.3) is 0 Å². The van der Waals surface area contributed by atoms with Gasteiger partial charge in [0.2, 0.25) is 5.91 Å². The number of alkyl halides is 1. The molecule has 1 aromatic rings. The van der Waals surface area contributed by atoms with Crippen LogP contribution in [0.15, 0.2) is 18.2 Å². The average Bonchev–Trinajstić information content (AvgIpc) is 2.49. The van der Waals surface area contributed by atoms with Crippen molar-refractivity contribution in [1.82, 2.24) is 4.90 Å². The SMILES string of the molecule is CN(C)CCCN1C(=O)COc2ccc(NC(=O)CCl)cc21. The summed E-state index contributed by atoms with van der Waals surface area (Å²) in [5.74, 6) is 0.170. The summed E-state index contributed by atoms with van der Waals surface area (Å²) in [6.07, 6.45) is 0.858. The van der Waals surface area contributed by atoms with Crippen LogP contribution in [-0.2, 0) is 9.59 Å². The van der Waals surface area contributed by atoms with Gasteiger partial charge in [-0.3, -0.25) is 9.59 Å². The van der Waals surface area contributed by atoms with E-state index in [9.17, 15) is 9.59 Å². The predicted molar refractivity (Wildman–Crippen MR) is 86.8 cm³/mol. The molecule has 0 bridgehead atoms. The van der Waals surface area contributed by atoms with Crippen LogP contribution in [-0.4, -0.2) is 56.4 Å². The molecule has 1 N–H and O–H groups in total. The van der Waals surface area contributed by atoms with E-state index < -0.39 is 0 Å². The molecule has 0 spiro atoms. The first-order valence-electron chi connectivity index (χ1n) is 7.09. The zero-order chi connectivity index (χ0) is 16.1. The normalized spacial score (nSPS) is 13.8. The second-order valence-corrected chi connectivity index (χ2v) is 5.62. The van der Waals surface area contributed by atoms with Crippen LogP contribution >= 0.6 is 11.6 Å². The van der Waals surface area contributed by atoms with Crippen LogP contribution in [0.2, 0.25) is 0 Å². The van der Waals surface area contributed by atoms with E-state index in [0.29, 0.717) is 23.7 Å². The maximum atomic E-state index is 12.1. The van der Waals surface area contributed by atoms with Crippen molar-refractivity contribution < 1.29 is 14.3 Å². The van der Waals surface area contributed by atoms with Gasteiger partial charge in [0.1, 0.15) is 11.6 Å². The summed E-state index contributed by atoms with van der Waals surface area (Å²) in [7, 11) is 3.99. The third-order valence-corrected chi connectivity index (χ3v) is 3.54. The molecule has 0 aliphatic carbocycles. The zero-order valence-corrected chi connectivity index (χ0v) is 13.5. The summed E-state index contributed by atoms with van der Waals surface area (Å²) >= 11 is 5.49. The molecule has 7 heteroatoms. The number of hydrogen-bond acceptors (Lipinski definition) is 4. The molecule has 0 radical (unpaired) electrons. The van der Waals surface area contributed by atoms with E-state index in [1.54, 1.807) is 23.1 Å². The van der Waals surface area contributed by atoms with Gasteiger partial charge in [-0.2, -0.15) is 0 Å². The van der Waals surface area contributed by atoms with Crippen LogP contribution in [0.5, 0.6) is 5.75 Å². The van der Waals surface area contributed by atoms with E-state index >= 15 is 0 Å². The molecule has 0 aromatic heterocycles. The maximum absolute atomic E-state index is 12.1. The van der Waals surface area contributed by atoms with E-state index in [1.807, 2.05) is 14.1 Å². The number of halogens is 1. The number of nitrogens with zero attached hydrogens (tertiary/aromatic N) is 2. The fourth-order valence-corrected chi connectivity index (χ4v) is 2.33. The highest BCUT2D eigenvalue weighted by atomic mass is 35.5. The molecule has 0 atom stereocenters. The molecule has 0 fully saturated rings. The third-order valence-electron chi connectivity index (χ3n) is 3.29. The minimum atomic E-state index is -0.288. The Morgan fingerprint density at radius 1 is 1.45 bits per heavy atom. The van der Waals surface area contributed by atoms with Gasteiger partial charge in [-0.1, -0.05) is 0 Å². The van der Waals surface area contributed by atoms with Crippen LogP contribution < -0.4 is 15.0 Å². The van der Waals surface area contributed by atoms with Gasteiger partial charge in [0, 0.05) is 12.2 Å². The van der Waals surface area contributed by atoms with Crippen LogP contribution in [0.4, 0.5) is 11.4 Å². The largest absolute Gasteiger partial charge is 0.482 e. The number of nitrogens with one attached hydrogen (secondary N) is 1. The second kappa shape index (κ2) is 7.47. The Bertz CT molecular complexity index is 563. The van der Waals surface area contributed by atoms with Gasteiger partial charge in [0.05, 0.1) is 5.69 Å². The number of hydrogen-bond donors (Lipinski definition) is 1. The number of carbonyl (C=O) groups is 2. The minimum Gasteiger partial charge on any atom is -0.482 e. The summed E-state index contributed by atoms with van der Waals surface area (Å²) in [4.78, 5) is 27.3. The van der Waals surface area contributed by atoms with Gasteiger partial charge in [0.25, 0.3) is 5.91 Å². The van der Waals surface area contributed by atoms with Crippen LogP contribution in [0, 0.1) is 0 Å². The van der Waals surface area contributed by atoms with Crippen molar-refractivity contribution in [2.45, 2.75) is 6.42 Å². The molecule has 0 saturated carbocycles. The third kappa shape index (κ3) is 4.11. The predicted octanol–water partition coefficient (Wildman–Crippen LogP) is 1.54. The summed E-state index contributed by atoms with van der Waals surface area (Å²) in [6.45, 7) is 1.55. The Labute approximate surface area is 135 Å². The Morgan fingerprint density at radius 2 is 2.23 bits per heavy atom. The van der Waals surface area contributed by atoms with Gasteiger partial charge < -0.3 is 19.9 Å². The minimum absolute atomic E-state index is 0.0440. The van der Waals surface area contributed by atoms with E-state index in [1.165, 1.54) is 0 Å². The molecule has 1 aromatic carbocycles. The highest BCUT2D eigenvalue weighted by Crippen LogP contribution is 2.34. The number of ether oxygens (including phenoxy) is 1. The lowest BCUT2D eigenvalue weighted by atomic mass is 10.2. The van der Waals surface area contributed by atoms with Crippen molar-refractivity contribution in [2.75, 3.05) is 49.9 Å². The molecule has 0 saturated heterocycles. The Hall–Kier alpha value is -1.79. The Morgan fingerprint density at radius 3 is 2.91 bits per heavy atom. The summed E-state index contributed by atoms with van der Waals surface area (Å²) < 4.78 is 5.44. The van der Waals surface area contributed by atoms with Crippen molar-refractivity contribution in [3.63, 3.8) is 0 Å². The van der Waals surface area contributed by atoms with Gasteiger partial charge >= 0.3 is 0 Å². The lowest BCUT2D eigenvalue weighted by Gasteiger charge is -2.30. The summed E-state index contributed by atoms with van der Waals surface area (Å²) in [5.41, 5.74) is 1.28. The van der Waals surface area contributed by atoms with E-state index in [4.69, 9.17) is 16.3 Å². The van der Waals surface area contributed by atoms with Crippen LogP contribution in [0.1, 0.15) is 6.42 Å². The molecule has 0 unspecified atom stereocenters. The Balaban J connectivity index is 2.17. The molecule has 22 heavy (non-hydrogen) atoms. The number of anilines is 2. The first-order valence-corrected chi connectivity index (χ1v) is 7.62. The lowest BCUT2D eigenvalue weighted by molar-refractivity contribution is -0.121. The van der Waals surface area contributed by atoms with Crippen molar-refractivity contribution in [3.05, 3.63) is 18.2 Å². The first-order chi connectivity index (χ1) is 10.5. The first kappa shape index (κ1) is 16.6. The molecule has 1 aliphatic rings. The molecule has 2 amide bonds. The number of benzene rings is 1. The molecule has 1 aliphatic heterocycles. The lowest BCUT2D eigenvalue weighted by Crippen LogP contribution is -2.40. The van der Waals surface area contributed by atoms with Gasteiger partial charge in [-0.25, -0.2) is 0 Å². The Kier molecular flexibility index (Phi) is 5.63. The average molecular weight is 326 g/mol. The van der Waals surface area contributed by atoms with E-state index in [0.717, 1.165) is 13.0 Å². The number of fused-ring (bicyclic) bond motifs is 1. The zero-order valence-electron chi connectivity index (χ0n) is 12.8. The van der Waals surface area contributed by atoms with Crippen LogP contribution in [0.3, 0.4) is 0 Å². The van der Waals surface area contributed by atoms with Crippen molar-refractivity contribution in [3.8, 4) is 5.75 Å². The van der Waals surface area contributed by atoms with Gasteiger partial charge in [-0.15, -0.1) is 11.6 Å². The highest BCUT2D eigenvalue weighted by Gasteiger charge is 2.25. The van der Waals surface area contributed by atoms with Crippen molar-refractivity contribution >= 4 is 34.8 Å². The molecule has 120 valence electrons. The van der Waals surface area contributed by atoms with E-state index in [-0.39, 0.29) is 24.3 Å². The monoisotopic (exact) mass is 325 g/mol. The molecule has 6 nitrogen and oxygen atoms in total.